The monoisotopic (exact) mass is 219 g/mol. The molecule has 0 bridgehead atoms. The number of esters is 1. The normalized spacial score (nSPS) is 14.9. The molecule has 14 heavy (non-hydrogen) atoms. The van der Waals surface area contributed by atoms with Crippen LogP contribution < -0.4 is 5.73 Å². The van der Waals surface area contributed by atoms with E-state index in [-0.39, 0.29) is 5.97 Å². The first kappa shape index (κ1) is 13.8. The Morgan fingerprint density at radius 3 is 2.64 bits per heavy atom. The summed E-state index contributed by atoms with van der Waals surface area (Å²) < 4.78 is 4.62. The van der Waals surface area contributed by atoms with Gasteiger partial charge in [-0.05, 0) is 31.3 Å². The molecule has 0 fully saturated rings. The minimum Gasteiger partial charge on any atom is -0.468 e. The second-order valence-corrected chi connectivity index (χ2v) is 4.85. The molecule has 0 aliphatic carbocycles. The van der Waals surface area contributed by atoms with Crippen molar-refractivity contribution < 1.29 is 9.53 Å². The van der Waals surface area contributed by atoms with Crippen molar-refractivity contribution >= 4 is 17.7 Å². The maximum atomic E-state index is 11.2. The number of carbonyl (C=O) groups excluding carboxylic acids is 1. The number of rotatable bonds is 7. The molecule has 0 saturated carbocycles. The van der Waals surface area contributed by atoms with Gasteiger partial charge in [0.1, 0.15) is 5.54 Å². The second-order valence-electron chi connectivity index (χ2n) is 3.62. The Hall–Kier alpha value is -0.220. The maximum Gasteiger partial charge on any atom is 0.325 e. The predicted molar refractivity (Wildman–Crippen MR) is 61.5 cm³/mol. The van der Waals surface area contributed by atoms with E-state index in [2.05, 4.69) is 11.7 Å². The molecule has 3 nitrogen and oxygen atoms in total. The number of ether oxygens (including phenoxy) is 1. The Balaban J connectivity index is 3.60. The minimum absolute atomic E-state index is 0.325. The molecule has 0 amide bonds. The van der Waals surface area contributed by atoms with Crippen molar-refractivity contribution in [2.24, 2.45) is 5.73 Å². The topological polar surface area (TPSA) is 52.3 Å². The van der Waals surface area contributed by atoms with E-state index >= 15 is 0 Å². The number of hydrogen-bond donors (Lipinski definition) is 1. The molecule has 84 valence electrons. The predicted octanol–water partition coefficient (Wildman–Crippen LogP) is 1.80. The third kappa shape index (κ3) is 5.50. The first-order valence-corrected chi connectivity index (χ1v) is 6.15. The van der Waals surface area contributed by atoms with Crippen LogP contribution in [-0.2, 0) is 9.53 Å². The third-order valence-corrected chi connectivity index (χ3v) is 3.13. The van der Waals surface area contributed by atoms with Crippen molar-refractivity contribution in [3.63, 3.8) is 0 Å². The molecule has 0 spiro atoms. The fraction of sp³-hybridized carbons (Fsp3) is 0.900. The summed E-state index contributed by atoms with van der Waals surface area (Å²) >= 11 is 1.84. The molecule has 0 aromatic carbocycles. The zero-order chi connectivity index (χ0) is 11.0. The quantitative estimate of drug-likeness (QED) is 0.524. The lowest BCUT2D eigenvalue weighted by atomic mass is 10.0. The van der Waals surface area contributed by atoms with Crippen LogP contribution in [0.15, 0.2) is 0 Å². The zero-order valence-corrected chi connectivity index (χ0v) is 10.2. The zero-order valence-electron chi connectivity index (χ0n) is 9.34. The highest BCUT2D eigenvalue weighted by atomic mass is 32.2. The molecule has 0 heterocycles. The van der Waals surface area contributed by atoms with Gasteiger partial charge in [-0.1, -0.05) is 13.3 Å². The summed E-state index contributed by atoms with van der Waals surface area (Å²) in [6.07, 6.45) is 3.11. The van der Waals surface area contributed by atoms with E-state index in [4.69, 9.17) is 5.73 Å². The molecular weight excluding hydrogens is 198 g/mol. The fourth-order valence-corrected chi connectivity index (χ4v) is 2.23. The Morgan fingerprint density at radius 2 is 2.14 bits per heavy atom. The van der Waals surface area contributed by atoms with Gasteiger partial charge in [0.25, 0.3) is 0 Å². The van der Waals surface area contributed by atoms with Crippen LogP contribution in [0, 0.1) is 0 Å². The van der Waals surface area contributed by atoms with Gasteiger partial charge < -0.3 is 10.5 Å². The summed E-state index contributed by atoms with van der Waals surface area (Å²) in [5.41, 5.74) is 4.97. The number of hydrogen-bond acceptors (Lipinski definition) is 4. The maximum absolute atomic E-state index is 11.2. The summed E-state index contributed by atoms with van der Waals surface area (Å²) in [4.78, 5) is 11.2. The van der Waals surface area contributed by atoms with Gasteiger partial charge in [-0.25, -0.2) is 0 Å². The van der Waals surface area contributed by atoms with Gasteiger partial charge >= 0.3 is 5.97 Å². The van der Waals surface area contributed by atoms with Crippen LogP contribution in [0.3, 0.4) is 0 Å². The number of nitrogens with two attached hydrogens (primary N) is 1. The molecule has 0 aromatic heterocycles. The average molecular weight is 219 g/mol. The van der Waals surface area contributed by atoms with Gasteiger partial charge in [-0.3, -0.25) is 4.79 Å². The van der Waals surface area contributed by atoms with Gasteiger partial charge in [-0.2, -0.15) is 11.8 Å². The van der Waals surface area contributed by atoms with Crippen LogP contribution in [0.2, 0.25) is 0 Å². The molecule has 2 N–H and O–H groups in total. The molecule has 0 aliphatic rings. The van der Waals surface area contributed by atoms with Crippen molar-refractivity contribution in [3.8, 4) is 0 Å². The summed E-state index contributed by atoms with van der Waals surface area (Å²) in [5.74, 6) is 1.74. The van der Waals surface area contributed by atoms with Gasteiger partial charge in [0.2, 0.25) is 0 Å². The van der Waals surface area contributed by atoms with Crippen LogP contribution in [-0.4, -0.2) is 30.1 Å². The standard InChI is InChI=1S/C10H21NO2S/c1-4-5-7-14-8-6-10(2,11)9(12)13-3/h4-8,11H2,1-3H3. The molecule has 1 atom stereocenters. The lowest BCUT2D eigenvalue weighted by Gasteiger charge is -2.20. The SMILES string of the molecule is CCCCSCCC(C)(N)C(=O)OC. The van der Waals surface area contributed by atoms with Crippen LogP contribution >= 0.6 is 11.8 Å². The average Bonchev–Trinajstić information content (AvgIpc) is 2.16. The molecule has 0 aliphatic heterocycles. The highest BCUT2D eigenvalue weighted by molar-refractivity contribution is 7.99. The van der Waals surface area contributed by atoms with Crippen molar-refractivity contribution in [2.75, 3.05) is 18.6 Å². The Labute approximate surface area is 90.8 Å². The van der Waals surface area contributed by atoms with Gasteiger partial charge in [0, 0.05) is 0 Å². The summed E-state index contributed by atoms with van der Waals surface area (Å²) in [6, 6.07) is 0. The van der Waals surface area contributed by atoms with Gasteiger partial charge in [-0.15, -0.1) is 0 Å². The molecular formula is C10H21NO2S. The number of carbonyl (C=O) groups is 1. The van der Waals surface area contributed by atoms with Gasteiger partial charge in [0.05, 0.1) is 7.11 Å². The van der Waals surface area contributed by atoms with E-state index in [0.29, 0.717) is 6.42 Å². The summed E-state index contributed by atoms with van der Waals surface area (Å²) in [5, 5.41) is 0. The molecule has 0 radical (unpaired) electrons. The van der Waals surface area contributed by atoms with E-state index in [1.807, 2.05) is 11.8 Å². The van der Waals surface area contributed by atoms with Crippen molar-refractivity contribution in [2.45, 2.75) is 38.6 Å². The van der Waals surface area contributed by atoms with E-state index in [0.717, 1.165) is 11.5 Å². The van der Waals surface area contributed by atoms with Crippen LogP contribution in [0.25, 0.3) is 0 Å². The number of methoxy groups -OCH3 is 1. The first-order chi connectivity index (χ1) is 6.54. The molecule has 4 heteroatoms. The van der Waals surface area contributed by atoms with E-state index in [1.165, 1.54) is 20.0 Å². The second kappa shape index (κ2) is 7.12. The smallest absolute Gasteiger partial charge is 0.325 e. The summed E-state index contributed by atoms with van der Waals surface area (Å²) in [6.45, 7) is 3.89. The third-order valence-electron chi connectivity index (χ3n) is 2.06. The molecule has 1 unspecified atom stereocenters. The lowest BCUT2D eigenvalue weighted by Crippen LogP contribution is -2.46. The van der Waals surface area contributed by atoms with Crippen LogP contribution in [0.4, 0.5) is 0 Å². The largest absolute Gasteiger partial charge is 0.468 e. The Kier molecular flexibility index (Phi) is 7.01. The van der Waals surface area contributed by atoms with E-state index in [9.17, 15) is 4.79 Å². The van der Waals surface area contributed by atoms with Crippen molar-refractivity contribution in [3.05, 3.63) is 0 Å². The highest BCUT2D eigenvalue weighted by Gasteiger charge is 2.28. The van der Waals surface area contributed by atoms with Crippen LogP contribution in [0.1, 0.15) is 33.1 Å². The van der Waals surface area contributed by atoms with Crippen molar-refractivity contribution in [1.29, 1.82) is 0 Å². The summed E-state index contributed by atoms with van der Waals surface area (Å²) in [7, 11) is 1.37. The highest BCUT2D eigenvalue weighted by Crippen LogP contribution is 2.14. The first-order valence-electron chi connectivity index (χ1n) is 4.99. The fourth-order valence-electron chi connectivity index (χ4n) is 0.968. The molecule has 0 aromatic rings. The van der Waals surface area contributed by atoms with E-state index < -0.39 is 5.54 Å². The van der Waals surface area contributed by atoms with Crippen LogP contribution in [0.5, 0.6) is 0 Å². The van der Waals surface area contributed by atoms with Crippen molar-refractivity contribution in [1.82, 2.24) is 0 Å². The molecule has 0 rings (SSSR count). The Bertz CT molecular complexity index is 172. The number of unbranched alkanes of at least 4 members (excludes halogenated alkanes) is 1. The number of thioether (sulfide) groups is 1. The van der Waals surface area contributed by atoms with E-state index in [1.54, 1.807) is 6.92 Å². The molecule has 0 saturated heterocycles. The minimum atomic E-state index is -0.825. The Morgan fingerprint density at radius 1 is 1.50 bits per heavy atom. The lowest BCUT2D eigenvalue weighted by molar-refractivity contribution is -0.146. The van der Waals surface area contributed by atoms with Gasteiger partial charge in [0.15, 0.2) is 0 Å².